The van der Waals surface area contributed by atoms with E-state index in [1.807, 2.05) is 30.5 Å². The summed E-state index contributed by atoms with van der Waals surface area (Å²) in [4.78, 5) is 6.94. The SMILES string of the molecule is Cc1cc([C@H]2[C@H](c3ccccn3)NC(=S)N2c2ccc(C(C)C)cc2)c(C)n1-c1ccc(Cl)cc1. The largest absolute Gasteiger partial charge is 0.351 e. The molecule has 0 bridgehead atoms. The van der Waals surface area contributed by atoms with E-state index in [4.69, 9.17) is 28.8 Å². The zero-order valence-corrected chi connectivity index (χ0v) is 21.9. The average molecular weight is 501 g/mol. The third-order valence-corrected chi connectivity index (χ3v) is 7.38. The Balaban J connectivity index is 1.65. The fourth-order valence-corrected chi connectivity index (χ4v) is 5.52. The van der Waals surface area contributed by atoms with E-state index in [-0.39, 0.29) is 12.1 Å². The molecule has 0 radical (unpaired) electrons. The van der Waals surface area contributed by atoms with Gasteiger partial charge >= 0.3 is 0 Å². The van der Waals surface area contributed by atoms with Gasteiger partial charge in [-0.3, -0.25) is 4.98 Å². The van der Waals surface area contributed by atoms with E-state index in [0.29, 0.717) is 11.0 Å². The Hall–Kier alpha value is -3.15. The Morgan fingerprint density at radius 2 is 1.63 bits per heavy atom. The Morgan fingerprint density at radius 3 is 2.26 bits per heavy atom. The highest BCUT2D eigenvalue weighted by Gasteiger charge is 2.42. The van der Waals surface area contributed by atoms with Crippen molar-refractivity contribution in [2.24, 2.45) is 0 Å². The molecule has 0 saturated carbocycles. The summed E-state index contributed by atoms with van der Waals surface area (Å²) in [6.07, 6.45) is 1.84. The lowest BCUT2D eigenvalue weighted by molar-refractivity contribution is 0.565. The van der Waals surface area contributed by atoms with Gasteiger partial charge in [0.05, 0.1) is 17.8 Å². The molecule has 6 heteroatoms. The van der Waals surface area contributed by atoms with Crippen molar-refractivity contribution in [3.05, 3.63) is 112 Å². The summed E-state index contributed by atoms with van der Waals surface area (Å²) in [6, 6.07) is 24.9. The molecule has 1 aliphatic rings. The number of anilines is 1. The number of hydrogen-bond acceptors (Lipinski definition) is 2. The minimum Gasteiger partial charge on any atom is -0.351 e. The van der Waals surface area contributed by atoms with Crippen LogP contribution >= 0.6 is 23.8 Å². The van der Waals surface area contributed by atoms with Crippen LogP contribution in [0, 0.1) is 13.8 Å². The van der Waals surface area contributed by atoms with E-state index in [0.717, 1.165) is 27.8 Å². The fraction of sp³-hybridized carbons (Fsp3) is 0.241. The van der Waals surface area contributed by atoms with Crippen molar-refractivity contribution in [2.75, 3.05) is 4.90 Å². The minimum atomic E-state index is -0.0763. The van der Waals surface area contributed by atoms with E-state index in [1.165, 1.54) is 16.8 Å². The quantitative estimate of drug-likeness (QED) is 0.288. The minimum absolute atomic E-state index is 0.0467. The molecule has 0 spiro atoms. The van der Waals surface area contributed by atoms with E-state index in [1.54, 1.807) is 0 Å². The Labute approximate surface area is 217 Å². The lowest BCUT2D eigenvalue weighted by Crippen LogP contribution is -2.29. The smallest absolute Gasteiger partial charge is 0.174 e. The third kappa shape index (κ3) is 4.35. The highest BCUT2D eigenvalue weighted by atomic mass is 35.5. The third-order valence-electron chi connectivity index (χ3n) is 6.81. The molecule has 2 aromatic heterocycles. The van der Waals surface area contributed by atoms with Crippen molar-refractivity contribution in [1.82, 2.24) is 14.9 Å². The summed E-state index contributed by atoms with van der Waals surface area (Å²) in [5, 5.41) is 5.01. The van der Waals surface area contributed by atoms with Crippen molar-refractivity contribution < 1.29 is 0 Å². The van der Waals surface area contributed by atoms with Crippen molar-refractivity contribution >= 4 is 34.6 Å². The maximum atomic E-state index is 6.16. The molecule has 4 nitrogen and oxygen atoms in total. The highest BCUT2D eigenvalue weighted by molar-refractivity contribution is 7.80. The summed E-state index contributed by atoms with van der Waals surface area (Å²) >= 11 is 12.1. The van der Waals surface area contributed by atoms with Crippen LogP contribution in [0.15, 0.2) is 79.0 Å². The first-order chi connectivity index (χ1) is 16.8. The normalized spacial score (nSPS) is 17.8. The van der Waals surface area contributed by atoms with Crippen LogP contribution < -0.4 is 10.2 Å². The molecule has 1 saturated heterocycles. The van der Waals surface area contributed by atoms with Crippen LogP contribution in [0.1, 0.15) is 60.1 Å². The summed E-state index contributed by atoms with van der Waals surface area (Å²) in [5.41, 5.74) is 7.99. The summed E-state index contributed by atoms with van der Waals surface area (Å²) in [7, 11) is 0. The summed E-state index contributed by atoms with van der Waals surface area (Å²) in [5.74, 6) is 0.475. The molecule has 1 aliphatic heterocycles. The average Bonchev–Trinajstić information content (AvgIpc) is 3.35. The van der Waals surface area contributed by atoms with E-state index >= 15 is 0 Å². The Bertz CT molecular complexity index is 1340. The van der Waals surface area contributed by atoms with Crippen LogP contribution in [-0.4, -0.2) is 14.7 Å². The number of halogens is 1. The molecule has 0 aliphatic carbocycles. The van der Waals surface area contributed by atoms with Gasteiger partial charge in [-0.15, -0.1) is 0 Å². The topological polar surface area (TPSA) is 33.1 Å². The van der Waals surface area contributed by atoms with Gasteiger partial charge in [-0.2, -0.15) is 0 Å². The van der Waals surface area contributed by atoms with E-state index in [2.05, 4.69) is 91.0 Å². The van der Waals surface area contributed by atoms with Crippen LogP contribution in [-0.2, 0) is 0 Å². The number of nitrogens with one attached hydrogen (secondary N) is 1. The van der Waals surface area contributed by atoms with Gasteiger partial charge in [0.25, 0.3) is 0 Å². The number of pyridine rings is 1. The first kappa shape index (κ1) is 23.6. The number of aromatic nitrogens is 2. The molecule has 35 heavy (non-hydrogen) atoms. The molecule has 4 aromatic rings. The van der Waals surface area contributed by atoms with Gasteiger partial charge in [0.15, 0.2) is 5.11 Å². The van der Waals surface area contributed by atoms with Crippen molar-refractivity contribution in [3.8, 4) is 5.69 Å². The van der Waals surface area contributed by atoms with Crippen LogP contribution in [0.25, 0.3) is 5.69 Å². The second kappa shape index (κ2) is 9.48. The fourth-order valence-electron chi connectivity index (χ4n) is 5.04. The number of hydrogen-bond donors (Lipinski definition) is 1. The lowest BCUT2D eigenvalue weighted by atomic mass is 9.96. The van der Waals surface area contributed by atoms with Gasteiger partial charge in [-0.1, -0.05) is 43.6 Å². The van der Waals surface area contributed by atoms with Gasteiger partial charge < -0.3 is 14.8 Å². The first-order valence-corrected chi connectivity index (χ1v) is 12.7. The standard InChI is InChI=1S/C29H29ClN4S/c1-18(2)21-8-12-24(13-9-21)34-28(27(32-29(34)35)26-7-5-6-16-31-26)25-17-19(3)33(20(25)4)23-14-10-22(30)11-15-23/h5-18,27-28H,1-4H3,(H,32,35)/t27-,28-/m0/s1. The monoisotopic (exact) mass is 500 g/mol. The molecule has 0 amide bonds. The predicted molar refractivity (Wildman–Crippen MR) is 149 cm³/mol. The number of rotatable bonds is 5. The molecule has 3 heterocycles. The molecule has 0 unspecified atom stereocenters. The van der Waals surface area contributed by atoms with Crippen LogP contribution in [0.5, 0.6) is 0 Å². The van der Waals surface area contributed by atoms with E-state index < -0.39 is 0 Å². The van der Waals surface area contributed by atoms with E-state index in [9.17, 15) is 0 Å². The lowest BCUT2D eigenvalue weighted by Gasteiger charge is -2.28. The van der Waals surface area contributed by atoms with Gasteiger partial charge in [0, 0.05) is 34.0 Å². The molecular formula is C29H29ClN4S. The highest BCUT2D eigenvalue weighted by Crippen LogP contribution is 2.44. The molecule has 178 valence electrons. The van der Waals surface area contributed by atoms with Crippen LogP contribution in [0.4, 0.5) is 5.69 Å². The maximum Gasteiger partial charge on any atom is 0.174 e. The van der Waals surface area contributed by atoms with Crippen LogP contribution in [0.2, 0.25) is 5.02 Å². The Kier molecular flexibility index (Phi) is 6.39. The molecule has 2 atom stereocenters. The van der Waals surface area contributed by atoms with Crippen molar-refractivity contribution in [3.63, 3.8) is 0 Å². The van der Waals surface area contributed by atoms with Gasteiger partial charge in [-0.05, 0) is 97.7 Å². The number of nitrogens with zero attached hydrogens (tertiary/aromatic N) is 3. The zero-order chi connectivity index (χ0) is 24.7. The molecule has 2 aromatic carbocycles. The zero-order valence-electron chi connectivity index (χ0n) is 20.4. The van der Waals surface area contributed by atoms with Gasteiger partial charge in [0.1, 0.15) is 0 Å². The first-order valence-electron chi connectivity index (χ1n) is 11.9. The second-order valence-electron chi connectivity index (χ2n) is 9.38. The summed E-state index contributed by atoms with van der Waals surface area (Å²) in [6.45, 7) is 8.74. The van der Waals surface area contributed by atoms with Crippen molar-refractivity contribution in [2.45, 2.75) is 45.7 Å². The molecule has 1 fully saturated rings. The van der Waals surface area contributed by atoms with Crippen LogP contribution in [0.3, 0.4) is 0 Å². The maximum absolute atomic E-state index is 6.16. The molecule has 5 rings (SSSR count). The molecular weight excluding hydrogens is 472 g/mol. The summed E-state index contributed by atoms with van der Waals surface area (Å²) < 4.78 is 2.28. The number of thiocarbonyl (C=S) groups is 1. The number of aryl methyl sites for hydroxylation is 1. The predicted octanol–water partition coefficient (Wildman–Crippen LogP) is 7.44. The molecule has 1 N–H and O–H groups in total. The van der Waals surface area contributed by atoms with Crippen molar-refractivity contribution in [1.29, 1.82) is 0 Å². The van der Waals surface area contributed by atoms with Gasteiger partial charge in [-0.25, -0.2) is 0 Å². The van der Waals surface area contributed by atoms with Gasteiger partial charge in [0.2, 0.25) is 0 Å². The number of benzene rings is 2. The Morgan fingerprint density at radius 1 is 0.943 bits per heavy atom. The second-order valence-corrected chi connectivity index (χ2v) is 10.2.